The number of rotatable bonds is 18. The Bertz CT molecular complexity index is 308. The quantitative estimate of drug-likeness (QED) is 0.199. The minimum atomic E-state index is -3.94. The summed E-state index contributed by atoms with van der Waals surface area (Å²) in [6, 6.07) is 0. The van der Waals surface area contributed by atoms with E-state index in [0.29, 0.717) is 0 Å². The molecule has 0 radical (unpaired) electrons. The first-order chi connectivity index (χ1) is 11.9. The Hall–Kier alpha value is 0.110. The molecule has 0 aliphatic rings. The van der Waals surface area contributed by atoms with Gasteiger partial charge in [-0.25, -0.2) is 4.57 Å². The summed E-state index contributed by atoms with van der Waals surface area (Å²) in [5.74, 6) is 0. The molecule has 0 spiro atoms. The number of hydrogen-bond acceptors (Lipinski definition) is 3. The molecule has 0 aliphatic heterocycles. The van der Waals surface area contributed by atoms with Crippen molar-refractivity contribution in [1.82, 2.24) is 0 Å². The van der Waals surface area contributed by atoms with E-state index in [1.165, 1.54) is 64.2 Å². The molecule has 2 atom stereocenters. The van der Waals surface area contributed by atoms with Crippen molar-refractivity contribution in [2.75, 3.05) is 0 Å². The highest BCUT2D eigenvalue weighted by atomic mass is 31.2. The largest absolute Gasteiger partial charge is 0.472 e. The summed E-state index contributed by atoms with van der Waals surface area (Å²) in [5.41, 5.74) is 0. The van der Waals surface area contributed by atoms with Crippen LogP contribution in [0.4, 0.5) is 0 Å². The van der Waals surface area contributed by atoms with Crippen molar-refractivity contribution in [2.45, 2.75) is 130 Å². The van der Waals surface area contributed by atoms with Crippen LogP contribution in [0.1, 0.15) is 118 Å². The molecule has 0 saturated carbocycles. The van der Waals surface area contributed by atoms with Crippen LogP contribution in [0, 0.1) is 0 Å². The van der Waals surface area contributed by atoms with Gasteiger partial charge in [-0.3, -0.25) is 9.05 Å². The fourth-order valence-corrected chi connectivity index (χ4v) is 4.18. The lowest BCUT2D eigenvalue weighted by molar-refractivity contribution is 0.0781. The third-order valence-electron chi connectivity index (χ3n) is 4.55. The van der Waals surface area contributed by atoms with Crippen molar-refractivity contribution in [3.8, 4) is 0 Å². The van der Waals surface area contributed by atoms with Crippen molar-refractivity contribution in [2.24, 2.45) is 0 Å². The van der Waals surface area contributed by atoms with E-state index in [9.17, 15) is 9.46 Å². The normalized spacial score (nSPS) is 16.5. The summed E-state index contributed by atoms with van der Waals surface area (Å²) < 4.78 is 22.7. The Morgan fingerprint density at radius 1 is 0.680 bits per heavy atom. The minimum Gasteiger partial charge on any atom is -0.302 e. The van der Waals surface area contributed by atoms with Crippen LogP contribution in [0.15, 0.2) is 0 Å². The Morgan fingerprint density at radius 2 is 1.00 bits per heavy atom. The van der Waals surface area contributed by atoms with Crippen LogP contribution < -0.4 is 0 Å². The molecule has 0 aromatic rings. The second kappa shape index (κ2) is 16.3. The highest BCUT2D eigenvalue weighted by Gasteiger charge is 2.26. The van der Waals surface area contributed by atoms with Crippen molar-refractivity contribution in [3.63, 3.8) is 0 Å². The van der Waals surface area contributed by atoms with E-state index in [4.69, 9.17) is 9.05 Å². The summed E-state index contributed by atoms with van der Waals surface area (Å²) >= 11 is 0. The molecule has 2 unspecified atom stereocenters. The monoisotopic (exact) mass is 378 g/mol. The van der Waals surface area contributed by atoms with Gasteiger partial charge in [0.15, 0.2) is 0 Å². The van der Waals surface area contributed by atoms with Crippen molar-refractivity contribution in [1.29, 1.82) is 0 Å². The SMILES string of the molecule is CCCCCCCCC(C)OP(=O)(O)OC(C)CCCCCCCC. The standard InChI is InChI=1S/C20H43O4P/c1-5-7-9-11-13-15-17-19(3)23-25(21,22)24-20(4)18-16-14-12-10-8-6-2/h19-20H,5-18H2,1-4H3,(H,21,22). The molecule has 0 aromatic heterocycles. The molecule has 0 heterocycles. The molecule has 152 valence electrons. The molecule has 0 rings (SSSR count). The van der Waals surface area contributed by atoms with Gasteiger partial charge in [0.25, 0.3) is 0 Å². The van der Waals surface area contributed by atoms with Gasteiger partial charge in [-0.05, 0) is 26.7 Å². The number of phosphoric ester groups is 1. The summed E-state index contributed by atoms with van der Waals surface area (Å²) in [7, 11) is -3.94. The lowest BCUT2D eigenvalue weighted by Crippen LogP contribution is -2.12. The second-order valence-electron chi connectivity index (χ2n) is 7.41. The van der Waals surface area contributed by atoms with Gasteiger partial charge < -0.3 is 4.89 Å². The van der Waals surface area contributed by atoms with Crippen LogP contribution in [0.5, 0.6) is 0 Å². The van der Waals surface area contributed by atoms with Crippen LogP contribution >= 0.6 is 7.82 Å². The average molecular weight is 379 g/mol. The average Bonchev–Trinajstić information content (AvgIpc) is 2.53. The predicted molar refractivity (Wildman–Crippen MR) is 107 cm³/mol. The van der Waals surface area contributed by atoms with Crippen molar-refractivity contribution >= 4 is 7.82 Å². The highest BCUT2D eigenvalue weighted by molar-refractivity contribution is 7.47. The van der Waals surface area contributed by atoms with Gasteiger partial charge in [0.1, 0.15) is 0 Å². The van der Waals surface area contributed by atoms with E-state index in [1.807, 2.05) is 13.8 Å². The van der Waals surface area contributed by atoms with E-state index in [-0.39, 0.29) is 12.2 Å². The van der Waals surface area contributed by atoms with Gasteiger partial charge >= 0.3 is 7.82 Å². The zero-order valence-electron chi connectivity index (χ0n) is 17.2. The zero-order valence-corrected chi connectivity index (χ0v) is 18.1. The van der Waals surface area contributed by atoms with Crippen LogP contribution in [0.25, 0.3) is 0 Å². The van der Waals surface area contributed by atoms with E-state index in [0.717, 1.165) is 25.7 Å². The first-order valence-corrected chi connectivity index (χ1v) is 12.1. The topological polar surface area (TPSA) is 55.8 Å². The van der Waals surface area contributed by atoms with Gasteiger partial charge in [-0.2, -0.15) is 0 Å². The highest BCUT2D eigenvalue weighted by Crippen LogP contribution is 2.47. The number of unbranched alkanes of at least 4 members (excludes halogenated alkanes) is 10. The minimum absolute atomic E-state index is 0.233. The van der Waals surface area contributed by atoms with Crippen molar-refractivity contribution < 1.29 is 18.5 Å². The molecular formula is C20H43O4P. The first-order valence-electron chi connectivity index (χ1n) is 10.6. The van der Waals surface area contributed by atoms with Gasteiger partial charge in [-0.15, -0.1) is 0 Å². The summed E-state index contributed by atoms with van der Waals surface area (Å²) in [6.07, 6.45) is 15.7. The lowest BCUT2D eigenvalue weighted by atomic mass is 10.1. The Kier molecular flexibility index (Phi) is 16.4. The van der Waals surface area contributed by atoms with E-state index >= 15 is 0 Å². The molecule has 0 aliphatic carbocycles. The molecule has 0 fully saturated rings. The molecule has 4 nitrogen and oxygen atoms in total. The van der Waals surface area contributed by atoms with E-state index in [2.05, 4.69) is 13.8 Å². The maximum atomic E-state index is 12.1. The van der Waals surface area contributed by atoms with E-state index < -0.39 is 7.82 Å². The fraction of sp³-hybridized carbons (Fsp3) is 1.00. The zero-order chi connectivity index (χ0) is 19.0. The molecule has 5 heteroatoms. The molecule has 0 aromatic carbocycles. The van der Waals surface area contributed by atoms with Gasteiger partial charge in [0.2, 0.25) is 0 Å². The molecule has 0 amide bonds. The fourth-order valence-electron chi connectivity index (χ4n) is 3.01. The summed E-state index contributed by atoms with van der Waals surface area (Å²) in [6.45, 7) is 8.14. The second-order valence-corrected chi connectivity index (χ2v) is 8.77. The molecule has 0 saturated heterocycles. The molecular weight excluding hydrogens is 335 g/mol. The van der Waals surface area contributed by atoms with Crippen LogP contribution in [0.2, 0.25) is 0 Å². The summed E-state index contributed by atoms with van der Waals surface area (Å²) in [5, 5.41) is 0. The Labute approximate surface area is 156 Å². The third kappa shape index (κ3) is 17.3. The van der Waals surface area contributed by atoms with Gasteiger partial charge in [0.05, 0.1) is 12.2 Å². The maximum absolute atomic E-state index is 12.1. The van der Waals surface area contributed by atoms with Crippen LogP contribution in [-0.4, -0.2) is 17.1 Å². The third-order valence-corrected chi connectivity index (χ3v) is 5.81. The van der Waals surface area contributed by atoms with Gasteiger partial charge in [-0.1, -0.05) is 90.9 Å². The lowest BCUT2D eigenvalue weighted by Gasteiger charge is -2.21. The first kappa shape index (κ1) is 25.1. The Balaban J connectivity index is 3.77. The number of hydrogen-bond donors (Lipinski definition) is 1. The molecule has 25 heavy (non-hydrogen) atoms. The Morgan fingerprint density at radius 3 is 1.36 bits per heavy atom. The molecule has 1 N–H and O–H groups in total. The van der Waals surface area contributed by atoms with E-state index in [1.54, 1.807) is 0 Å². The molecule has 0 bridgehead atoms. The maximum Gasteiger partial charge on any atom is 0.472 e. The predicted octanol–water partition coefficient (Wildman–Crippen LogP) is 7.40. The summed E-state index contributed by atoms with van der Waals surface area (Å²) in [4.78, 5) is 9.91. The van der Waals surface area contributed by atoms with Crippen molar-refractivity contribution in [3.05, 3.63) is 0 Å². The van der Waals surface area contributed by atoms with Gasteiger partial charge in [0, 0.05) is 0 Å². The van der Waals surface area contributed by atoms with Crippen LogP contribution in [0.3, 0.4) is 0 Å². The van der Waals surface area contributed by atoms with Crippen LogP contribution in [-0.2, 0) is 13.6 Å². The number of phosphoric acid groups is 1. The smallest absolute Gasteiger partial charge is 0.302 e.